The molecule has 0 aliphatic heterocycles. The SMILES string of the molecule is C/C=C\CCCCCC.CC1(c2ccccc2)CCCCC1. The van der Waals surface area contributed by atoms with E-state index in [0.717, 1.165) is 0 Å². The Labute approximate surface area is 139 Å². The van der Waals surface area contributed by atoms with Crippen LogP contribution in [0.1, 0.15) is 90.5 Å². The van der Waals surface area contributed by atoms with Crippen molar-refractivity contribution in [1.82, 2.24) is 0 Å². The molecule has 0 heterocycles. The highest BCUT2D eigenvalue weighted by atomic mass is 14.3. The summed E-state index contributed by atoms with van der Waals surface area (Å²) in [6, 6.07) is 11.0. The quantitative estimate of drug-likeness (QED) is 0.378. The lowest BCUT2D eigenvalue weighted by atomic mass is 9.71. The molecule has 2 rings (SSSR count). The summed E-state index contributed by atoms with van der Waals surface area (Å²) in [7, 11) is 0. The molecule has 0 spiro atoms. The highest BCUT2D eigenvalue weighted by Crippen LogP contribution is 2.38. The second kappa shape index (κ2) is 11.5. The third kappa shape index (κ3) is 7.29. The zero-order valence-electron chi connectivity index (χ0n) is 15.1. The number of rotatable bonds is 6. The predicted octanol–water partition coefficient (Wildman–Crippen LogP) is 7.44. The molecule has 0 nitrogen and oxygen atoms in total. The molecule has 124 valence electrons. The van der Waals surface area contributed by atoms with E-state index in [0.29, 0.717) is 5.41 Å². The van der Waals surface area contributed by atoms with Crippen LogP contribution in [-0.4, -0.2) is 0 Å². The largest absolute Gasteiger partial charge is 0.0917 e. The Bertz CT molecular complexity index is 382. The number of benzene rings is 1. The molecule has 1 aliphatic carbocycles. The summed E-state index contributed by atoms with van der Waals surface area (Å²) >= 11 is 0. The lowest BCUT2D eigenvalue weighted by Crippen LogP contribution is -2.24. The third-order valence-corrected chi connectivity index (χ3v) is 4.89. The summed E-state index contributed by atoms with van der Waals surface area (Å²) < 4.78 is 0. The van der Waals surface area contributed by atoms with Crippen molar-refractivity contribution in [2.75, 3.05) is 0 Å². The molecule has 0 radical (unpaired) electrons. The molecule has 1 saturated carbocycles. The molecule has 0 amide bonds. The van der Waals surface area contributed by atoms with Crippen LogP contribution in [0.2, 0.25) is 0 Å². The monoisotopic (exact) mass is 300 g/mol. The van der Waals surface area contributed by atoms with Gasteiger partial charge in [0, 0.05) is 0 Å². The minimum absolute atomic E-state index is 0.472. The summed E-state index contributed by atoms with van der Waals surface area (Å²) in [5, 5.41) is 0. The van der Waals surface area contributed by atoms with E-state index in [1.807, 2.05) is 0 Å². The zero-order valence-corrected chi connectivity index (χ0v) is 15.1. The van der Waals surface area contributed by atoms with Crippen LogP contribution in [0.5, 0.6) is 0 Å². The topological polar surface area (TPSA) is 0 Å². The van der Waals surface area contributed by atoms with Gasteiger partial charge in [0.05, 0.1) is 0 Å². The van der Waals surface area contributed by atoms with Crippen molar-refractivity contribution in [3.63, 3.8) is 0 Å². The molecule has 1 aromatic rings. The van der Waals surface area contributed by atoms with Crippen LogP contribution >= 0.6 is 0 Å². The third-order valence-electron chi connectivity index (χ3n) is 4.89. The standard InChI is InChI=1S/C13H18.C9H18/c1-13(10-6-3-7-11-13)12-8-4-2-5-9-12;1-3-5-7-9-8-6-4-2/h2,4-5,8-9H,3,6-7,10-11H2,1H3;3,5H,4,6-9H2,1-2H3/b;5-3-. The van der Waals surface area contributed by atoms with E-state index in [9.17, 15) is 0 Å². The maximum absolute atomic E-state index is 2.42. The average Bonchev–Trinajstić information content (AvgIpc) is 2.57. The van der Waals surface area contributed by atoms with Crippen LogP contribution < -0.4 is 0 Å². The first kappa shape index (κ1) is 19.0. The van der Waals surface area contributed by atoms with Gasteiger partial charge in [-0.2, -0.15) is 0 Å². The second-order valence-corrected chi connectivity index (χ2v) is 6.91. The second-order valence-electron chi connectivity index (χ2n) is 6.91. The van der Waals surface area contributed by atoms with Crippen molar-refractivity contribution in [1.29, 1.82) is 0 Å². The molecular weight excluding hydrogens is 264 g/mol. The van der Waals surface area contributed by atoms with E-state index in [1.54, 1.807) is 0 Å². The summed E-state index contributed by atoms with van der Waals surface area (Å²) in [4.78, 5) is 0. The van der Waals surface area contributed by atoms with Crippen LogP contribution in [0.4, 0.5) is 0 Å². The zero-order chi connectivity index (χ0) is 16.1. The number of allylic oxidation sites excluding steroid dienone is 2. The Morgan fingerprint density at radius 2 is 1.64 bits per heavy atom. The predicted molar refractivity (Wildman–Crippen MR) is 100 cm³/mol. The van der Waals surface area contributed by atoms with E-state index in [1.165, 1.54) is 69.8 Å². The molecule has 0 unspecified atom stereocenters. The average molecular weight is 301 g/mol. The van der Waals surface area contributed by atoms with Crippen LogP contribution in [0.3, 0.4) is 0 Å². The van der Waals surface area contributed by atoms with Gasteiger partial charge in [-0.25, -0.2) is 0 Å². The maximum atomic E-state index is 2.42. The lowest BCUT2D eigenvalue weighted by Gasteiger charge is -2.34. The van der Waals surface area contributed by atoms with E-state index >= 15 is 0 Å². The normalized spacial score (nSPS) is 17.0. The number of hydrogen-bond acceptors (Lipinski definition) is 0. The van der Waals surface area contributed by atoms with Gasteiger partial charge in [0.25, 0.3) is 0 Å². The van der Waals surface area contributed by atoms with Gasteiger partial charge in [0.15, 0.2) is 0 Å². The molecule has 0 atom stereocenters. The smallest absolute Gasteiger partial charge is 0.00753 e. The van der Waals surface area contributed by atoms with Gasteiger partial charge in [-0.3, -0.25) is 0 Å². The van der Waals surface area contributed by atoms with E-state index in [4.69, 9.17) is 0 Å². The van der Waals surface area contributed by atoms with Gasteiger partial charge in [-0.1, -0.05) is 94.9 Å². The molecule has 0 bridgehead atoms. The molecule has 0 heteroatoms. The number of unbranched alkanes of at least 4 members (excludes halogenated alkanes) is 4. The van der Waals surface area contributed by atoms with Crippen molar-refractivity contribution >= 4 is 0 Å². The van der Waals surface area contributed by atoms with Crippen LogP contribution in [-0.2, 0) is 5.41 Å². The fraction of sp³-hybridized carbons (Fsp3) is 0.636. The molecule has 0 N–H and O–H groups in total. The van der Waals surface area contributed by atoms with Gasteiger partial charge < -0.3 is 0 Å². The highest BCUT2D eigenvalue weighted by molar-refractivity contribution is 5.24. The fourth-order valence-corrected chi connectivity index (χ4v) is 3.32. The van der Waals surface area contributed by atoms with Gasteiger partial charge in [0.1, 0.15) is 0 Å². The van der Waals surface area contributed by atoms with Crippen LogP contribution in [0, 0.1) is 0 Å². The Kier molecular flexibility index (Phi) is 9.95. The summed E-state index contributed by atoms with van der Waals surface area (Å²) in [6.45, 7) is 6.75. The maximum Gasteiger partial charge on any atom is -0.00753 e. The van der Waals surface area contributed by atoms with Crippen LogP contribution in [0.15, 0.2) is 42.5 Å². The van der Waals surface area contributed by atoms with E-state index < -0.39 is 0 Å². The fourth-order valence-electron chi connectivity index (χ4n) is 3.32. The minimum Gasteiger partial charge on any atom is -0.0917 e. The van der Waals surface area contributed by atoms with Crippen molar-refractivity contribution in [3.8, 4) is 0 Å². The molecule has 0 aromatic heterocycles. The molecular formula is C22H36. The molecule has 22 heavy (non-hydrogen) atoms. The van der Waals surface area contributed by atoms with Crippen molar-refractivity contribution in [2.45, 2.75) is 90.4 Å². The van der Waals surface area contributed by atoms with Gasteiger partial charge in [-0.05, 0) is 43.6 Å². The minimum atomic E-state index is 0.472. The highest BCUT2D eigenvalue weighted by Gasteiger charge is 2.27. The Morgan fingerprint density at radius 3 is 2.23 bits per heavy atom. The summed E-state index contributed by atoms with van der Waals surface area (Å²) in [5.41, 5.74) is 2.01. The molecule has 1 fully saturated rings. The van der Waals surface area contributed by atoms with E-state index in [2.05, 4.69) is 63.3 Å². The first-order chi connectivity index (χ1) is 10.7. The molecule has 1 aromatic carbocycles. The van der Waals surface area contributed by atoms with Crippen molar-refractivity contribution in [2.24, 2.45) is 0 Å². The summed E-state index contributed by atoms with van der Waals surface area (Å²) in [6.07, 6.45) is 18.2. The molecule has 0 saturated heterocycles. The van der Waals surface area contributed by atoms with Crippen LogP contribution in [0.25, 0.3) is 0 Å². The molecule has 1 aliphatic rings. The first-order valence-corrected chi connectivity index (χ1v) is 9.39. The van der Waals surface area contributed by atoms with Gasteiger partial charge >= 0.3 is 0 Å². The first-order valence-electron chi connectivity index (χ1n) is 9.39. The lowest BCUT2D eigenvalue weighted by molar-refractivity contribution is 0.319. The van der Waals surface area contributed by atoms with Gasteiger partial charge in [-0.15, -0.1) is 0 Å². The van der Waals surface area contributed by atoms with Crippen molar-refractivity contribution in [3.05, 3.63) is 48.0 Å². The Morgan fingerprint density at radius 1 is 0.955 bits per heavy atom. The summed E-state index contributed by atoms with van der Waals surface area (Å²) in [5.74, 6) is 0. The Hall–Kier alpha value is -1.04. The van der Waals surface area contributed by atoms with E-state index in [-0.39, 0.29) is 0 Å². The number of hydrogen-bond donors (Lipinski definition) is 0. The van der Waals surface area contributed by atoms with Crippen molar-refractivity contribution < 1.29 is 0 Å². The Balaban J connectivity index is 0.000000239. The van der Waals surface area contributed by atoms with Gasteiger partial charge in [0.2, 0.25) is 0 Å².